The highest BCUT2D eigenvalue weighted by Crippen LogP contribution is 2.26. The fourth-order valence-corrected chi connectivity index (χ4v) is 3.80. The molecule has 26 heavy (non-hydrogen) atoms. The number of Topliss-reactive ketones (excluding diaryl/α,β-unsaturated/α-hetero) is 1. The molecule has 1 atom stereocenters. The van der Waals surface area contributed by atoms with E-state index in [2.05, 4.69) is 10.3 Å². The number of ketones is 1. The monoisotopic (exact) mass is 369 g/mol. The first-order chi connectivity index (χ1) is 12.3. The minimum Gasteiger partial charge on any atom is -0.326 e. The molecule has 134 valence electrons. The van der Waals surface area contributed by atoms with Gasteiger partial charge in [-0.1, -0.05) is 0 Å². The van der Waals surface area contributed by atoms with Crippen LogP contribution in [0.2, 0.25) is 0 Å². The summed E-state index contributed by atoms with van der Waals surface area (Å²) in [5, 5.41) is 3.23. The van der Waals surface area contributed by atoms with Crippen LogP contribution >= 0.6 is 11.3 Å². The molecule has 1 aromatic carbocycles. The molecule has 0 saturated heterocycles. The van der Waals surface area contributed by atoms with Gasteiger partial charge in [0.15, 0.2) is 5.78 Å². The van der Waals surface area contributed by atoms with E-state index in [1.807, 2.05) is 13.8 Å². The molecule has 0 fully saturated rings. The van der Waals surface area contributed by atoms with E-state index in [0.29, 0.717) is 21.5 Å². The van der Waals surface area contributed by atoms with E-state index in [1.165, 1.54) is 29.2 Å². The maximum Gasteiger partial charge on any atom is 0.263 e. The number of amides is 1. The van der Waals surface area contributed by atoms with Crippen LogP contribution in [0, 0.1) is 13.8 Å². The predicted octanol–water partition coefficient (Wildman–Crippen LogP) is 3.48. The summed E-state index contributed by atoms with van der Waals surface area (Å²) in [6, 6.07) is 5.93. The molecule has 3 aromatic rings. The lowest BCUT2D eigenvalue weighted by molar-refractivity contribution is -0.114. The molecular weight excluding hydrogens is 350 g/mol. The third kappa shape index (κ3) is 3.17. The van der Waals surface area contributed by atoms with Gasteiger partial charge >= 0.3 is 0 Å². The largest absolute Gasteiger partial charge is 0.326 e. The Kier molecular flexibility index (Phi) is 4.73. The number of thiophene rings is 1. The summed E-state index contributed by atoms with van der Waals surface area (Å²) >= 11 is 1.48. The first-order valence-corrected chi connectivity index (χ1v) is 9.00. The second-order valence-electron chi connectivity index (χ2n) is 6.22. The van der Waals surface area contributed by atoms with E-state index in [0.717, 1.165) is 10.4 Å². The van der Waals surface area contributed by atoms with Crippen LogP contribution in [-0.4, -0.2) is 21.2 Å². The first kappa shape index (κ1) is 18.0. The Labute approximate surface area is 154 Å². The number of anilines is 1. The summed E-state index contributed by atoms with van der Waals surface area (Å²) in [5.74, 6) is -0.364. The number of benzene rings is 1. The van der Waals surface area contributed by atoms with Crippen molar-refractivity contribution in [2.45, 2.75) is 33.7 Å². The van der Waals surface area contributed by atoms with Gasteiger partial charge in [-0.05, 0) is 50.6 Å². The van der Waals surface area contributed by atoms with Crippen LogP contribution < -0.4 is 10.9 Å². The number of aromatic nitrogens is 2. The van der Waals surface area contributed by atoms with Crippen LogP contribution in [0.3, 0.4) is 0 Å². The zero-order chi connectivity index (χ0) is 19.0. The van der Waals surface area contributed by atoms with Gasteiger partial charge in [0.05, 0.1) is 17.8 Å². The van der Waals surface area contributed by atoms with Gasteiger partial charge in [0.2, 0.25) is 5.91 Å². The van der Waals surface area contributed by atoms with Crippen molar-refractivity contribution in [1.82, 2.24) is 9.55 Å². The molecule has 3 rings (SSSR count). The molecule has 1 unspecified atom stereocenters. The molecule has 1 N–H and O–H groups in total. The van der Waals surface area contributed by atoms with Crippen LogP contribution in [0.25, 0.3) is 10.2 Å². The molecule has 0 aliphatic heterocycles. The lowest BCUT2D eigenvalue weighted by Gasteiger charge is -2.14. The zero-order valence-electron chi connectivity index (χ0n) is 15.0. The van der Waals surface area contributed by atoms with Crippen molar-refractivity contribution >= 4 is 38.9 Å². The van der Waals surface area contributed by atoms with Crippen LogP contribution in [0.15, 0.2) is 35.4 Å². The molecule has 2 aromatic heterocycles. The number of nitrogens with one attached hydrogen (secondary N) is 1. The van der Waals surface area contributed by atoms with Crippen molar-refractivity contribution in [3.63, 3.8) is 0 Å². The molecule has 1 amide bonds. The number of carbonyl (C=O) groups is 2. The van der Waals surface area contributed by atoms with Gasteiger partial charge in [-0.25, -0.2) is 4.98 Å². The molecule has 2 heterocycles. The van der Waals surface area contributed by atoms with Crippen LogP contribution in [-0.2, 0) is 4.79 Å². The standard InChI is InChI=1S/C19H19N3O3S/c1-10-12(3)26-18-16(10)19(25)22(9-20-18)11(2)17(24)14-5-7-15(8-6-14)21-13(4)23/h5-9,11H,1-4H3,(H,21,23). The van der Waals surface area contributed by atoms with Gasteiger partial charge in [-0.15, -0.1) is 11.3 Å². The molecule has 0 aliphatic carbocycles. The second kappa shape index (κ2) is 6.84. The Hall–Kier alpha value is -2.80. The smallest absolute Gasteiger partial charge is 0.263 e. The average Bonchev–Trinajstić information content (AvgIpc) is 2.89. The molecular formula is C19H19N3O3S. The number of carbonyl (C=O) groups excluding carboxylic acids is 2. The van der Waals surface area contributed by atoms with E-state index >= 15 is 0 Å². The number of rotatable bonds is 4. The van der Waals surface area contributed by atoms with Gasteiger partial charge in [0, 0.05) is 23.1 Å². The van der Waals surface area contributed by atoms with Gasteiger partial charge in [-0.3, -0.25) is 19.0 Å². The SMILES string of the molecule is CC(=O)Nc1ccc(C(=O)C(C)n2cnc3sc(C)c(C)c3c2=O)cc1. The second-order valence-corrected chi connectivity index (χ2v) is 7.42. The lowest BCUT2D eigenvalue weighted by atomic mass is 10.0. The van der Waals surface area contributed by atoms with E-state index in [-0.39, 0.29) is 17.2 Å². The number of hydrogen-bond acceptors (Lipinski definition) is 5. The Morgan fingerprint density at radius 1 is 1.19 bits per heavy atom. The third-order valence-corrected chi connectivity index (χ3v) is 5.52. The summed E-state index contributed by atoms with van der Waals surface area (Å²) in [6.45, 7) is 6.96. The molecule has 0 spiro atoms. The van der Waals surface area contributed by atoms with E-state index in [9.17, 15) is 14.4 Å². The third-order valence-electron chi connectivity index (χ3n) is 4.40. The Morgan fingerprint density at radius 3 is 2.46 bits per heavy atom. The number of aryl methyl sites for hydroxylation is 2. The summed E-state index contributed by atoms with van der Waals surface area (Å²) in [6.07, 6.45) is 1.44. The molecule has 0 saturated carbocycles. The van der Waals surface area contributed by atoms with Crippen molar-refractivity contribution < 1.29 is 9.59 Å². The highest BCUT2D eigenvalue weighted by atomic mass is 32.1. The van der Waals surface area contributed by atoms with Gasteiger partial charge in [0.25, 0.3) is 5.56 Å². The molecule has 0 bridgehead atoms. The molecule has 0 radical (unpaired) electrons. The van der Waals surface area contributed by atoms with Crippen molar-refractivity contribution in [2.75, 3.05) is 5.32 Å². The summed E-state index contributed by atoms with van der Waals surface area (Å²) in [4.78, 5) is 42.8. The fourth-order valence-electron chi connectivity index (χ4n) is 2.81. The number of fused-ring (bicyclic) bond motifs is 1. The maximum absolute atomic E-state index is 12.8. The van der Waals surface area contributed by atoms with Gasteiger partial charge in [0.1, 0.15) is 4.83 Å². The zero-order valence-corrected chi connectivity index (χ0v) is 15.8. The van der Waals surface area contributed by atoms with Crippen molar-refractivity contribution in [1.29, 1.82) is 0 Å². The van der Waals surface area contributed by atoms with Crippen LogP contribution in [0.1, 0.15) is 40.7 Å². The quantitative estimate of drug-likeness (QED) is 0.714. The van der Waals surface area contributed by atoms with Gasteiger partial charge < -0.3 is 5.32 Å². The van der Waals surface area contributed by atoms with E-state index < -0.39 is 6.04 Å². The topological polar surface area (TPSA) is 81.1 Å². The van der Waals surface area contributed by atoms with Crippen LogP contribution in [0.4, 0.5) is 5.69 Å². The normalized spacial score (nSPS) is 12.2. The summed E-state index contributed by atoms with van der Waals surface area (Å²) < 4.78 is 1.38. The van der Waals surface area contributed by atoms with Crippen molar-refractivity contribution in [3.05, 3.63) is 57.0 Å². The highest BCUT2D eigenvalue weighted by molar-refractivity contribution is 7.18. The Morgan fingerprint density at radius 2 is 1.85 bits per heavy atom. The summed E-state index contributed by atoms with van der Waals surface area (Å²) in [5.41, 5.74) is 1.80. The Bertz CT molecular complexity index is 1060. The first-order valence-electron chi connectivity index (χ1n) is 8.18. The van der Waals surface area contributed by atoms with E-state index in [4.69, 9.17) is 0 Å². The lowest BCUT2D eigenvalue weighted by Crippen LogP contribution is -2.28. The average molecular weight is 369 g/mol. The number of nitrogens with zero attached hydrogens (tertiary/aromatic N) is 2. The minimum atomic E-state index is -0.675. The fraction of sp³-hybridized carbons (Fsp3) is 0.263. The minimum absolute atomic E-state index is 0.176. The van der Waals surface area contributed by atoms with Crippen LogP contribution in [0.5, 0.6) is 0 Å². The maximum atomic E-state index is 12.8. The highest BCUT2D eigenvalue weighted by Gasteiger charge is 2.21. The van der Waals surface area contributed by atoms with Crippen molar-refractivity contribution in [2.24, 2.45) is 0 Å². The molecule has 0 aliphatic rings. The van der Waals surface area contributed by atoms with Gasteiger partial charge in [-0.2, -0.15) is 0 Å². The Balaban J connectivity index is 1.95. The number of hydrogen-bond donors (Lipinski definition) is 1. The molecule has 6 nitrogen and oxygen atoms in total. The van der Waals surface area contributed by atoms with Crippen molar-refractivity contribution in [3.8, 4) is 0 Å². The van der Waals surface area contributed by atoms with E-state index in [1.54, 1.807) is 31.2 Å². The predicted molar refractivity (Wildman–Crippen MR) is 103 cm³/mol. The molecule has 7 heteroatoms. The summed E-state index contributed by atoms with van der Waals surface area (Å²) in [7, 11) is 0.